The van der Waals surface area contributed by atoms with Gasteiger partial charge in [0.1, 0.15) is 0 Å². The highest BCUT2D eigenvalue weighted by atomic mass is 127. The molecule has 2 saturated heterocycles. The van der Waals surface area contributed by atoms with Crippen LogP contribution < -0.4 is 10.6 Å². The molecule has 0 spiro atoms. The maximum absolute atomic E-state index is 4.56. The molecular formula is C23H38IN5. The monoisotopic (exact) mass is 511 g/mol. The normalized spacial score (nSPS) is 28.6. The molecule has 0 amide bonds. The number of hydrogen-bond donors (Lipinski definition) is 2. The Labute approximate surface area is 193 Å². The summed E-state index contributed by atoms with van der Waals surface area (Å²) in [5.74, 6) is 0.963. The highest BCUT2D eigenvalue weighted by Gasteiger charge is 2.40. The summed E-state index contributed by atoms with van der Waals surface area (Å²) in [4.78, 5) is 9.57. The van der Waals surface area contributed by atoms with Gasteiger partial charge >= 0.3 is 0 Å². The van der Waals surface area contributed by atoms with Gasteiger partial charge in [-0.3, -0.25) is 4.99 Å². The maximum atomic E-state index is 4.56. The number of rotatable bonds is 4. The molecular weight excluding hydrogens is 473 g/mol. The Balaban J connectivity index is 0.00000240. The van der Waals surface area contributed by atoms with E-state index in [-0.39, 0.29) is 29.5 Å². The van der Waals surface area contributed by atoms with Gasteiger partial charge in [0, 0.05) is 37.3 Å². The minimum absolute atomic E-state index is 0. The number of benzene rings is 1. The van der Waals surface area contributed by atoms with Crippen molar-refractivity contribution in [2.24, 2.45) is 4.99 Å². The number of aliphatic imine (C=N–C) groups is 1. The lowest BCUT2D eigenvalue weighted by atomic mass is 9.82. The molecule has 0 saturated carbocycles. The van der Waals surface area contributed by atoms with Crippen LogP contribution in [-0.4, -0.2) is 74.2 Å². The van der Waals surface area contributed by atoms with Crippen LogP contribution in [0, 0.1) is 0 Å². The van der Waals surface area contributed by atoms with Gasteiger partial charge in [0.25, 0.3) is 0 Å². The number of guanidine groups is 1. The van der Waals surface area contributed by atoms with Crippen molar-refractivity contribution < 1.29 is 0 Å². The van der Waals surface area contributed by atoms with E-state index in [1.165, 1.54) is 43.2 Å². The average Bonchev–Trinajstić information content (AvgIpc) is 3.06. The molecule has 5 nitrogen and oxygen atoms in total. The van der Waals surface area contributed by atoms with Crippen molar-refractivity contribution >= 4 is 29.9 Å². The van der Waals surface area contributed by atoms with E-state index < -0.39 is 0 Å². The molecule has 2 aliphatic heterocycles. The van der Waals surface area contributed by atoms with E-state index in [1.54, 1.807) is 0 Å². The zero-order valence-electron chi connectivity index (χ0n) is 18.4. The molecule has 2 N–H and O–H groups in total. The van der Waals surface area contributed by atoms with E-state index in [0.29, 0.717) is 6.04 Å². The first-order valence-electron chi connectivity index (χ1n) is 10.9. The minimum atomic E-state index is 0. The first-order chi connectivity index (χ1) is 13.5. The molecule has 2 fully saturated rings. The largest absolute Gasteiger partial charge is 0.355 e. The number of hydrogen-bond acceptors (Lipinski definition) is 3. The van der Waals surface area contributed by atoms with Gasteiger partial charge in [0.2, 0.25) is 0 Å². The van der Waals surface area contributed by atoms with Crippen LogP contribution in [0.3, 0.4) is 0 Å². The van der Waals surface area contributed by atoms with E-state index >= 15 is 0 Å². The van der Waals surface area contributed by atoms with Crippen molar-refractivity contribution in [2.45, 2.75) is 68.6 Å². The van der Waals surface area contributed by atoms with Gasteiger partial charge in [0.15, 0.2) is 5.96 Å². The molecule has 1 aromatic rings. The standard InChI is InChI=1S/C23H37N5.HI/c1-24-22(26-19-12-20-10-7-11-21(13-19)28(20)4)25-16-23(27(2)3)14-17-8-5-6-9-18(17)15-23;/h5-6,8-9,19-21H,7,10-16H2,1-4H3,(H2,24,25,26);1H. The molecule has 2 bridgehead atoms. The third-order valence-electron chi connectivity index (χ3n) is 7.60. The highest BCUT2D eigenvalue weighted by molar-refractivity contribution is 14.0. The van der Waals surface area contributed by atoms with E-state index in [9.17, 15) is 0 Å². The number of likely N-dealkylation sites (N-methyl/N-ethyl adjacent to an activating group) is 1. The average molecular weight is 511 g/mol. The van der Waals surface area contributed by atoms with Gasteiger partial charge in [-0.2, -0.15) is 0 Å². The van der Waals surface area contributed by atoms with Crippen LogP contribution in [0.2, 0.25) is 0 Å². The summed E-state index contributed by atoms with van der Waals surface area (Å²) < 4.78 is 0. The number of nitrogens with zero attached hydrogens (tertiary/aromatic N) is 3. The van der Waals surface area contributed by atoms with Crippen molar-refractivity contribution in [2.75, 3.05) is 34.7 Å². The fourth-order valence-electron chi connectivity index (χ4n) is 5.64. The first kappa shape index (κ1) is 22.8. The van der Waals surface area contributed by atoms with Crippen LogP contribution in [0.4, 0.5) is 0 Å². The number of nitrogens with one attached hydrogen (secondary N) is 2. The summed E-state index contributed by atoms with van der Waals surface area (Å²) in [6, 6.07) is 10.9. The van der Waals surface area contributed by atoms with Gasteiger partial charge < -0.3 is 20.4 Å². The Morgan fingerprint density at radius 1 is 1.14 bits per heavy atom. The Hall–Kier alpha value is -0.860. The molecule has 3 aliphatic rings. The van der Waals surface area contributed by atoms with Crippen LogP contribution in [0.25, 0.3) is 0 Å². The van der Waals surface area contributed by atoms with E-state index in [0.717, 1.165) is 37.4 Å². The van der Waals surface area contributed by atoms with Crippen LogP contribution in [0.5, 0.6) is 0 Å². The van der Waals surface area contributed by atoms with Crippen molar-refractivity contribution in [3.8, 4) is 0 Å². The van der Waals surface area contributed by atoms with Gasteiger partial charge in [-0.05, 0) is 70.8 Å². The topological polar surface area (TPSA) is 42.9 Å². The number of halogens is 1. The van der Waals surface area contributed by atoms with Gasteiger partial charge in [-0.25, -0.2) is 0 Å². The molecule has 2 heterocycles. The van der Waals surface area contributed by atoms with E-state index in [2.05, 4.69) is 70.8 Å². The Morgan fingerprint density at radius 2 is 1.72 bits per heavy atom. The SMILES string of the molecule is CN=C(NCC1(N(C)C)Cc2ccccc2C1)NC1CC2CCCC(C1)N2C.I. The third kappa shape index (κ3) is 4.74. The second-order valence-electron chi connectivity index (χ2n) is 9.38. The summed E-state index contributed by atoms with van der Waals surface area (Å²) >= 11 is 0. The Bertz CT molecular complexity index is 680. The zero-order valence-corrected chi connectivity index (χ0v) is 20.8. The summed E-state index contributed by atoms with van der Waals surface area (Å²) in [5, 5.41) is 7.43. The molecule has 1 aliphatic carbocycles. The fourth-order valence-corrected chi connectivity index (χ4v) is 5.64. The third-order valence-corrected chi connectivity index (χ3v) is 7.60. The summed E-state index contributed by atoms with van der Waals surface area (Å²) in [5.41, 5.74) is 3.10. The van der Waals surface area contributed by atoms with Crippen molar-refractivity contribution in [1.29, 1.82) is 0 Å². The van der Waals surface area contributed by atoms with Crippen molar-refractivity contribution in [3.05, 3.63) is 35.4 Å². The molecule has 6 heteroatoms. The Morgan fingerprint density at radius 3 is 2.24 bits per heavy atom. The number of piperidine rings is 2. The van der Waals surface area contributed by atoms with Gasteiger partial charge in [0.05, 0.1) is 0 Å². The molecule has 2 unspecified atom stereocenters. The fraction of sp³-hybridized carbons (Fsp3) is 0.696. The molecule has 0 radical (unpaired) electrons. The number of fused-ring (bicyclic) bond motifs is 3. The van der Waals surface area contributed by atoms with E-state index in [1.807, 2.05) is 7.05 Å². The lowest BCUT2D eigenvalue weighted by molar-refractivity contribution is 0.0525. The molecule has 0 aromatic heterocycles. The second-order valence-corrected chi connectivity index (χ2v) is 9.38. The van der Waals surface area contributed by atoms with Crippen LogP contribution in [0.15, 0.2) is 29.3 Å². The molecule has 29 heavy (non-hydrogen) atoms. The lowest BCUT2D eigenvalue weighted by Crippen LogP contribution is -2.59. The highest BCUT2D eigenvalue weighted by Crippen LogP contribution is 2.34. The van der Waals surface area contributed by atoms with Crippen LogP contribution in [0.1, 0.15) is 43.2 Å². The Kier molecular flexibility index (Phi) is 7.49. The predicted octanol–water partition coefficient (Wildman–Crippen LogP) is 2.88. The predicted molar refractivity (Wildman–Crippen MR) is 132 cm³/mol. The van der Waals surface area contributed by atoms with Gasteiger partial charge in [-0.15, -0.1) is 24.0 Å². The zero-order chi connectivity index (χ0) is 19.7. The summed E-state index contributed by atoms with van der Waals surface area (Å²) in [6.45, 7) is 0.911. The van der Waals surface area contributed by atoms with Crippen molar-refractivity contribution in [3.63, 3.8) is 0 Å². The summed E-state index contributed by atoms with van der Waals surface area (Å²) in [7, 11) is 8.64. The second kappa shape index (κ2) is 9.52. The molecule has 1 aromatic carbocycles. The molecule has 162 valence electrons. The summed E-state index contributed by atoms with van der Waals surface area (Å²) in [6.07, 6.45) is 8.75. The minimum Gasteiger partial charge on any atom is -0.355 e. The first-order valence-corrected chi connectivity index (χ1v) is 10.9. The van der Waals surface area contributed by atoms with E-state index in [4.69, 9.17) is 0 Å². The van der Waals surface area contributed by atoms with Crippen LogP contribution in [-0.2, 0) is 12.8 Å². The molecule has 2 atom stereocenters. The lowest BCUT2D eigenvalue weighted by Gasteiger charge is -2.47. The van der Waals surface area contributed by atoms with Crippen LogP contribution >= 0.6 is 24.0 Å². The maximum Gasteiger partial charge on any atom is 0.191 e. The quantitative estimate of drug-likeness (QED) is 0.371. The molecule has 4 rings (SSSR count). The van der Waals surface area contributed by atoms with Crippen molar-refractivity contribution in [1.82, 2.24) is 20.4 Å². The smallest absolute Gasteiger partial charge is 0.191 e. The van der Waals surface area contributed by atoms with Gasteiger partial charge in [-0.1, -0.05) is 30.7 Å².